The summed E-state index contributed by atoms with van der Waals surface area (Å²) in [6, 6.07) is 12.4. The van der Waals surface area contributed by atoms with E-state index in [1.54, 1.807) is 0 Å². The number of sulfone groups is 1. The molecule has 0 radical (unpaired) electrons. The van der Waals surface area contributed by atoms with Gasteiger partial charge < -0.3 is 15.5 Å². The molecule has 1 aliphatic carbocycles. The molecule has 1 heterocycles. The highest BCUT2D eigenvalue weighted by Crippen LogP contribution is 2.27. The summed E-state index contributed by atoms with van der Waals surface area (Å²) in [4.78, 5) is 24.2. The molecule has 10 heteroatoms. The van der Waals surface area contributed by atoms with E-state index in [2.05, 4.69) is 15.6 Å². The minimum atomic E-state index is -3.38. The summed E-state index contributed by atoms with van der Waals surface area (Å²) in [6.07, 6.45) is 4.43. The first-order valence-corrected chi connectivity index (χ1v) is 13.4. The lowest BCUT2D eigenvalue weighted by Crippen LogP contribution is -2.40. The second-order valence-corrected chi connectivity index (χ2v) is 11.3. The average molecular weight is 502 g/mol. The number of nitrogens with one attached hydrogen (secondary N) is 2. The number of fused-ring (bicyclic) bond motifs is 1. The molecule has 1 saturated carbocycles. The van der Waals surface area contributed by atoms with Crippen LogP contribution < -0.4 is 15.5 Å². The fourth-order valence-electron chi connectivity index (χ4n) is 4.20. The van der Waals surface area contributed by atoms with E-state index in [1.165, 1.54) is 18.2 Å². The molecule has 4 rings (SSSR count). The van der Waals surface area contributed by atoms with E-state index in [4.69, 9.17) is 16.6 Å². The fourth-order valence-corrected chi connectivity index (χ4v) is 5.18. The average Bonchev–Trinajstić information content (AvgIpc) is 2.79. The molecule has 2 aromatic carbocycles. The first-order valence-electron chi connectivity index (χ1n) is 11.1. The van der Waals surface area contributed by atoms with Gasteiger partial charge in [0.1, 0.15) is 5.82 Å². The van der Waals surface area contributed by atoms with E-state index in [-0.39, 0.29) is 33.5 Å². The van der Waals surface area contributed by atoms with Crippen LogP contribution in [-0.4, -0.2) is 56.7 Å². The number of para-hydroxylation sites is 1. The number of halogens is 1. The normalized spacial score (nSPS) is 18.5. The van der Waals surface area contributed by atoms with E-state index in [1.807, 2.05) is 43.3 Å². The summed E-state index contributed by atoms with van der Waals surface area (Å²) in [5.74, 6) is 1.18. The molecule has 180 valence electrons. The Morgan fingerprint density at radius 3 is 2.35 bits per heavy atom. The van der Waals surface area contributed by atoms with Gasteiger partial charge in [0.15, 0.2) is 9.84 Å². The highest BCUT2D eigenvalue weighted by Gasteiger charge is 2.25. The van der Waals surface area contributed by atoms with Crippen molar-refractivity contribution in [2.75, 3.05) is 30.6 Å². The second kappa shape index (κ2) is 9.76. The van der Waals surface area contributed by atoms with Crippen LogP contribution in [0.5, 0.6) is 0 Å². The maximum atomic E-state index is 12.7. The van der Waals surface area contributed by atoms with Crippen LogP contribution in [0.25, 0.3) is 10.9 Å². The summed E-state index contributed by atoms with van der Waals surface area (Å²) >= 11 is 6.19. The van der Waals surface area contributed by atoms with Crippen molar-refractivity contribution < 1.29 is 13.2 Å². The Labute approximate surface area is 204 Å². The molecule has 0 atom stereocenters. The van der Waals surface area contributed by atoms with Gasteiger partial charge in [-0.15, -0.1) is 0 Å². The van der Waals surface area contributed by atoms with Gasteiger partial charge in [-0.1, -0.05) is 23.7 Å². The molecule has 0 unspecified atom stereocenters. The van der Waals surface area contributed by atoms with Gasteiger partial charge in [-0.3, -0.25) is 4.79 Å². The van der Waals surface area contributed by atoms with Crippen molar-refractivity contribution in [1.29, 1.82) is 0 Å². The lowest BCUT2D eigenvalue weighted by molar-refractivity contribution is 0.0926. The SMILES string of the molecule is CN(C)c1nc(NC2CCC(NC(=O)c3ccc(S(C)(=O)=O)cc3Cl)CC2)nc2ccccc12. The molecule has 34 heavy (non-hydrogen) atoms. The predicted molar refractivity (Wildman–Crippen MR) is 136 cm³/mol. The number of carbonyl (C=O) groups is 1. The molecular formula is C24H28ClN5O3S. The Bertz CT molecular complexity index is 1320. The number of nitrogens with zero attached hydrogens (tertiary/aromatic N) is 3. The topological polar surface area (TPSA) is 104 Å². The lowest BCUT2D eigenvalue weighted by Gasteiger charge is -2.30. The summed E-state index contributed by atoms with van der Waals surface area (Å²) in [5, 5.41) is 7.62. The Hall–Kier alpha value is -2.91. The first-order chi connectivity index (χ1) is 16.1. The van der Waals surface area contributed by atoms with Gasteiger partial charge in [0, 0.05) is 37.8 Å². The third-order valence-corrected chi connectivity index (χ3v) is 7.44. The third-order valence-electron chi connectivity index (χ3n) is 6.02. The molecule has 0 aliphatic heterocycles. The summed E-state index contributed by atoms with van der Waals surface area (Å²) in [6.45, 7) is 0. The maximum absolute atomic E-state index is 12.7. The number of rotatable bonds is 6. The first kappa shape index (κ1) is 24.2. The largest absolute Gasteiger partial charge is 0.362 e. The van der Waals surface area contributed by atoms with E-state index in [9.17, 15) is 13.2 Å². The van der Waals surface area contributed by atoms with Crippen molar-refractivity contribution in [3.8, 4) is 0 Å². The Morgan fingerprint density at radius 2 is 1.71 bits per heavy atom. The van der Waals surface area contributed by atoms with Gasteiger partial charge in [-0.25, -0.2) is 13.4 Å². The highest BCUT2D eigenvalue weighted by atomic mass is 35.5. The van der Waals surface area contributed by atoms with Crippen LogP contribution >= 0.6 is 11.6 Å². The monoisotopic (exact) mass is 501 g/mol. The van der Waals surface area contributed by atoms with Crippen molar-refractivity contribution >= 4 is 50.0 Å². The van der Waals surface area contributed by atoms with Gasteiger partial charge >= 0.3 is 0 Å². The number of amides is 1. The number of anilines is 2. The van der Waals surface area contributed by atoms with E-state index in [0.29, 0.717) is 5.95 Å². The van der Waals surface area contributed by atoms with Crippen LogP contribution in [-0.2, 0) is 9.84 Å². The van der Waals surface area contributed by atoms with Crippen LogP contribution in [0, 0.1) is 0 Å². The molecule has 0 saturated heterocycles. The third kappa shape index (κ3) is 5.42. The lowest BCUT2D eigenvalue weighted by atomic mass is 9.91. The minimum Gasteiger partial charge on any atom is -0.362 e. The Morgan fingerprint density at radius 1 is 1.03 bits per heavy atom. The maximum Gasteiger partial charge on any atom is 0.253 e. The Kier molecular flexibility index (Phi) is 6.95. The molecule has 0 spiro atoms. The quantitative estimate of drug-likeness (QED) is 0.527. The number of aromatic nitrogens is 2. The van der Waals surface area contributed by atoms with Crippen LogP contribution in [0.15, 0.2) is 47.4 Å². The standard InChI is InChI=1S/C24H28ClN5O3S/c1-30(2)22-19-6-4-5-7-21(19)28-24(29-22)27-16-10-8-15(9-11-16)26-23(31)18-13-12-17(14-20(18)25)34(3,32)33/h4-7,12-16H,8-11H2,1-3H3,(H,26,31)(H,27,28,29). The van der Waals surface area contributed by atoms with Crippen molar-refractivity contribution in [2.45, 2.75) is 42.7 Å². The summed E-state index contributed by atoms with van der Waals surface area (Å²) < 4.78 is 23.4. The van der Waals surface area contributed by atoms with Gasteiger partial charge in [0.2, 0.25) is 5.95 Å². The zero-order valence-corrected chi connectivity index (χ0v) is 20.9. The number of carbonyl (C=O) groups excluding carboxylic acids is 1. The molecule has 1 aliphatic rings. The van der Waals surface area contributed by atoms with Gasteiger partial charge in [0.05, 0.1) is 21.0 Å². The summed E-state index contributed by atoms with van der Waals surface area (Å²) in [7, 11) is 0.549. The highest BCUT2D eigenvalue weighted by molar-refractivity contribution is 7.90. The summed E-state index contributed by atoms with van der Waals surface area (Å²) in [5.41, 5.74) is 1.17. The zero-order valence-electron chi connectivity index (χ0n) is 19.4. The molecule has 0 bridgehead atoms. The molecule has 1 amide bonds. The minimum absolute atomic E-state index is 0.0195. The smallest absolute Gasteiger partial charge is 0.253 e. The van der Waals surface area contributed by atoms with Crippen LogP contribution in [0.1, 0.15) is 36.0 Å². The van der Waals surface area contributed by atoms with Crippen molar-refractivity contribution in [2.24, 2.45) is 0 Å². The van der Waals surface area contributed by atoms with Gasteiger partial charge in [-0.05, 0) is 56.0 Å². The number of hydrogen-bond donors (Lipinski definition) is 2. The Balaban J connectivity index is 1.37. The molecule has 1 aromatic heterocycles. The fraction of sp³-hybridized carbons (Fsp3) is 0.375. The van der Waals surface area contributed by atoms with Crippen LogP contribution in [0.3, 0.4) is 0 Å². The molecular weight excluding hydrogens is 474 g/mol. The van der Waals surface area contributed by atoms with Crippen molar-refractivity contribution in [3.05, 3.63) is 53.1 Å². The molecule has 2 N–H and O–H groups in total. The van der Waals surface area contributed by atoms with Crippen LogP contribution in [0.2, 0.25) is 5.02 Å². The van der Waals surface area contributed by atoms with E-state index < -0.39 is 9.84 Å². The van der Waals surface area contributed by atoms with Crippen LogP contribution in [0.4, 0.5) is 11.8 Å². The zero-order chi connectivity index (χ0) is 24.5. The number of benzene rings is 2. The predicted octanol–water partition coefficient (Wildman–Crippen LogP) is 3.91. The molecule has 1 fully saturated rings. The van der Waals surface area contributed by atoms with Gasteiger partial charge in [0.25, 0.3) is 5.91 Å². The van der Waals surface area contributed by atoms with E-state index in [0.717, 1.165) is 48.7 Å². The van der Waals surface area contributed by atoms with Gasteiger partial charge in [-0.2, -0.15) is 4.98 Å². The second-order valence-electron chi connectivity index (χ2n) is 8.86. The molecule has 3 aromatic rings. The van der Waals surface area contributed by atoms with Crippen molar-refractivity contribution in [3.63, 3.8) is 0 Å². The number of hydrogen-bond acceptors (Lipinski definition) is 7. The van der Waals surface area contributed by atoms with Crippen molar-refractivity contribution in [1.82, 2.24) is 15.3 Å². The molecule has 8 nitrogen and oxygen atoms in total. The van der Waals surface area contributed by atoms with E-state index >= 15 is 0 Å².